The number of rotatable bonds is 7. The van der Waals surface area contributed by atoms with Crippen molar-refractivity contribution in [2.24, 2.45) is 0 Å². The fourth-order valence-electron chi connectivity index (χ4n) is 1.39. The lowest BCUT2D eigenvalue weighted by Gasteiger charge is -2.20. The lowest BCUT2D eigenvalue weighted by atomic mass is 10.1. The third-order valence-electron chi connectivity index (χ3n) is 2.19. The molecule has 0 spiro atoms. The predicted octanol–water partition coefficient (Wildman–Crippen LogP) is 2.26. The molecule has 5 heteroatoms. The third-order valence-corrected chi connectivity index (χ3v) is 2.19. The number of hydrogen-bond donors (Lipinski definition) is 1. The Morgan fingerprint density at radius 2 is 1.80 bits per heavy atom. The van der Waals surface area contributed by atoms with Gasteiger partial charge in [-0.2, -0.15) is 13.2 Å². The first-order valence-corrected chi connectivity index (χ1v) is 5.30. The van der Waals surface area contributed by atoms with Gasteiger partial charge in [-0.1, -0.05) is 6.92 Å². The summed E-state index contributed by atoms with van der Waals surface area (Å²) in [5.74, 6) is 0. The SMILES string of the molecule is CCNC(CCN(C)C)CCC(F)(F)F. The highest BCUT2D eigenvalue weighted by Crippen LogP contribution is 2.22. The Balaban J connectivity index is 3.82. The lowest BCUT2D eigenvalue weighted by Crippen LogP contribution is -2.33. The van der Waals surface area contributed by atoms with E-state index < -0.39 is 12.6 Å². The first-order valence-electron chi connectivity index (χ1n) is 5.30. The highest BCUT2D eigenvalue weighted by Gasteiger charge is 2.27. The van der Waals surface area contributed by atoms with E-state index in [0.717, 1.165) is 19.5 Å². The molecule has 0 bridgehead atoms. The van der Waals surface area contributed by atoms with E-state index in [2.05, 4.69) is 5.32 Å². The van der Waals surface area contributed by atoms with Crippen LogP contribution in [0.2, 0.25) is 0 Å². The highest BCUT2D eigenvalue weighted by atomic mass is 19.4. The summed E-state index contributed by atoms with van der Waals surface area (Å²) in [4.78, 5) is 1.98. The zero-order valence-electron chi connectivity index (χ0n) is 9.69. The summed E-state index contributed by atoms with van der Waals surface area (Å²) in [5, 5.41) is 3.08. The molecule has 0 aromatic carbocycles. The van der Waals surface area contributed by atoms with Crippen molar-refractivity contribution < 1.29 is 13.2 Å². The summed E-state index contributed by atoms with van der Waals surface area (Å²) >= 11 is 0. The molecule has 0 heterocycles. The molecular formula is C10H21F3N2. The van der Waals surface area contributed by atoms with Gasteiger partial charge in [-0.25, -0.2) is 0 Å². The average Bonchev–Trinajstić information content (AvgIpc) is 2.08. The molecule has 0 radical (unpaired) electrons. The molecule has 0 aliphatic rings. The van der Waals surface area contributed by atoms with Gasteiger partial charge in [-0.15, -0.1) is 0 Å². The summed E-state index contributed by atoms with van der Waals surface area (Å²) in [5.41, 5.74) is 0. The minimum absolute atomic E-state index is 0.0287. The minimum atomic E-state index is -4.04. The highest BCUT2D eigenvalue weighted by molar-refractivity contribution is 4.69. The Morgan fingerprint density at radius 3 is 2.20 bits per heavy atom. The molecule has 0 rings (SSSR count). The van der Waals surface area contributed by atoms with Gasteiger partial charge in [0.1, 0.15) is 0 Å². The molecular weight excluding hydrogens is 205 g/mol. The number of nitrogens with one attached hydrogen (secondary N) is 1. The smallest absolute Gasteiger partial charge is 0.314 e. The van der Waals surface area contributed by atoms with Gasteiger partial charge in [-0.3, -0.25) is 0 Å². The van der Waals surface area contributed by atoms with Crippen molar-refractivity contribution in [3.63, 3.8) is 0 Å². The first kappa shape index (κ1) is 14.7. The van der Waals surface area contributed by atoms with Gasteiger partial charge in [0.05, 0.1) is 0 Å². The maximum absolute atomic E-state index is 12.0. The average molecular weight is 226 g/mol. The zero-order chi connectivity index (χ0) is 11.9. The predicted molar refractivity (Wildman–Crippen MR) is 55.9 cm³/mol. The quantitative estimate of drug-likeness (QED) is 0.716. The second-order valence-corrected chi connectivity index (χ2v) is 4.00. The molecule has 92 valence electrons. The molecule has 1 atom stereocenters. The van der Waals surface area contributed by atoms with Crippen molar-refractivity contribution in [3.05, 3.63) is 0 Å². The van der Waals surface area contributed by atoms with Crippen LogP contribution >= 0.6 is 0 Å². The molecule has 0 fully saturated rings. The summed E-state index contributed by atoms with van der Waals surface area (Å²) in [6.07, 6.45) is -3.80. The Labute approximate surface area is 89.8 Å². The summed E-state index contributed by atoms with van der Waals surface area (Å²) in [6.45, 7) is 3.45. The maximum atomic E-state index is 12.0. The van der Waals surface area contributed by atoms with Crippen LogP contribution in [0.1, 0.15) is 26.2 Å². The first-order chi connectivity index (χ1) is 6.85. The van der Waals surface area contributed by atoms with Gasteiger partial charge < -0.3 is 10.2 Å². The number of alkyl halides is 3. The summed E-state index contributed by atoms with van der Waals surface area (Å²) in [6, 6.07) is -0.0287. The van der Waals surface area contributed by atoms with Crippen molar-refractivity contribution >= 4 is 0 Å². The van der Waals surface area contributed by atoms with Crippen LogP contribution < -0.4 is 5.32 Å². The number of hydrogen-bond acceptors (Lipinski definition) is 2. The van der Waals surface area contributed by atoms with Gasteiger partial charge in [0, 0.05) is 12.5 Å². The molecule has 0 aliphatic heterocycles. The van der Waals surface area contributed by atoms with Crippen molar-refractivity contribution in [3.8, 4) is 0 Å². The van der Waals surface area contributed by atoms with Crippen LogP contribution in [0, 0.1) is 0 Å². The Bertz CT molecular complexity index is 157. The maximum Gasteiger partial charge on any atom is 0.389 e. The van der Waals surface area contributed by atoms with E-state index in [1.165, 1.54) is 0 Å². The molecule has 0 saturated carbocycles. The van der Waals surface area contributed by atoms with Crippen LogP contribution in [0.15, 0.2) is 0 Å². The zero-order valence-corrected chi connectivity index (χ0v) is 9.69. The lowest BCUT2D eigenvalue weighted by molar-refractivity contribution is -0.136. The molecule has 0 aromatic heterocycles. The van der Waals surface area contributed by atoms with E-state index in [9.17, 15) is 13.2 Å². The molecule has 2 nitrogen and oxygen atoms in total. The minimum Gasteiger partial charge on any atom is -0.314 e. The monoisotopic (exact) mass is 226 g/mol. The second-order valence-electron chi connectivity index (χ2n) is 4.00. The molecule has 0 aliphatic carbocycles. The summed E-state index contributed by atoms with van der Waals surface area (Å²) < 4.78 is 36.1. The van der Waals surface area contributed by atoms with Gasteiger partial charge >= 0.3 is 6.18 Å². The van der Waals surface area contributed by atoms with Crippen LogP contribution in [-0.2, 0) is 0 Å². The molecule has 15 heavy (non-hydrogen) atoms. The summed E-state index contributed by atoms with van der Waals surface area (Å²) in [7, 11) is 3.85. The van der Waals surface area contributed by atoms with E-state index in [0.29, 0.717) is 0 Å². The Hall–Kier alpha value is -0.290. The van der Waals surface area contributed by atoms with E-state index >= 15 is 0 Å². The Morgan fingerprint density at radius 1 is 1.20 bits per heavy atom. The van der Waals surface area contributed by atoms with Gasteiger partial charge in [-0.05, 0) is 40.0 Å². The molecule has 0 amide bonds. The second kappa shape index (κ2) is 7.06. The number of nitrogens with zero attached hydrogens (tertiary/aromatic N) is 1. The van der Waals surface area contributed by atoms with E-state index in [-0.39, 0.29) is 12.5 Å². The standard InChI is InChI=1S/C10H21F3N2/c1-4-14-9(6-8-15(2)3)5-7-10(11,12)13/h9,14H,4-8H2,1-3H3. The largest absolute Gasteiger partial charge is 0.389 e. The molecule has 0 saturated heterocycles. The van der Waals surface area contributed by atoms with Crippen molar-refractivity contribution in [2.45, 2.75) is 38.4 Å². The fourth-order valence-corrected chi connectivity index (χ4v) is 1.39. The van der Waals surface area contributed by atoms with Crippen molar-refractivity contribution in [1.29, 1.82) is 0 Å². The van der Waals surface area contributed by atoms with E-state index in [4.69, 9.17) is 0 Å². The van der Waals surface area contributed by atoms with Crippen LogP contribution in [-0.4, -0.2) is 44.3 Å². The molecule has 1 N–H and O–H groups in total. The van der Waals surface area contributed by atoms with Crippen LogP contribution in [0.25, 0.3) is 0 Å². The topological polar surface area (TPSA) is 15.3 Å². The van der Waals surface area contributed by atoms with Crippen LogP contribution in [0.5, 0.6) is 0 Å². The third kappa shape index (κ3) is 10.0. The van der Waals surface area contributed by atoms with Gasteiger partial charge in [0.15, 0.2) is 0 Å². The van der Waals surface area contributed by atoms with Crippen LogP contribution in [0.4, 0.5) is 13.2 Å². The van der Waals surface area contributed by atoms with Gasteiger partial charge in [0.25, 0.3) is 0 Å². The fraction of sp³-hybridized carbons (Fsp3) is 1.00. The van der Waals surface area contributed by atoms with Gasteiger partial charge in [0.2, 0.25) is 0 Å². The van der Waals surface area contributed by atoms with Crippen molar-refractivity contribution in [2.75, 3.05) is 27.2 Å². The molecule has 0 aromatic rings. The van der Waals surface area contributed by atoms with Crippen LogP contribution in [0.3, 0.4) is 0 Å². The molecule has 1 unspecified atom stereocenters. The normalized spacial score (nSPS) is 14.6. The van der Waals surface area contributed by atoms with E-state index in [1.54, 1.807) is 0 Å². The van der Waals surface area contributed by atoms with Crippen molar-refractivity contribution in [1.82, 2.24) is 10.2 Å². The Kier molecular flexibility index (Phi) is 6.92. The number of halogens is 3. The van der Waals surface area contributed by atoms with E-state index in [1.807, 2.05) is 25.9 Å².